The monoisotopic (exact) mass is 468 g/mol. The van der Waals surface area contributed by atoms with Crippen LogP contribution in [0.2, 0.25) is 0 Å². The molecule has 0 aliphatic carbocycles. The number of anilines is 1. The van der Waals surface area contributed by atoms with E-state index < -0.39 is 0 Å². The minimum Gasteiger partial charge on any atom is -0.493 e. The van der Waals surface area contributed by atoms with E-state index in [0.29, 0.717) is 43.3 Å². The summed E-state index contributed by atoms with van der Waals surface area (Å²) in [5.74, 6) is 1.56. The zero-order chi connectivity index (χ0) is 23.9. The number of likely N-dealkylation sites (tertiary alicyclic amines) is 1. The van der Waals surface area contributed by atoms with Crippen molar-refractivity contribution in [3.63, 3.8) is 0 Å². The van der Waals surface area contributed by atoms with Crippen molar-refractivity contribution in [1.82, 2.24) is 4.90 Å². The lowest BCUT2D eigenvalue weighted by molar-refractivity contribution is -0.128. The van der Waals surface area contributed by atoms with Crippen molar-refractivity contribution in [3.05, 3.63) is 48.0 Å². The number of methoxy groups -OCH3 is 2. The number of carbonyl (C=O) groups excluding carboxylic acids is 2. The number of nitrogens with zero attached hydrogens (tertiary/aromatic N) is 1. The summed E-state index contributed by atoms with van der Waals surface area (Å²) in [6.07, 6.45) is 3.17. The third kappa shape index (κ3) is 5.99. The number of hydrogen-bond acceptors (Lipinski definition) is 6. The summed E-state index contributed by atoms with van der Waals surface area (Å²) in [6, 6.07) is 13.0. The van der Waals surface area contributed by atoms with E-state index in [1.165, 1.54) is 0 Å². The lowest BCUT2D eigenvalue weighted by atomic mass is 10.1. The van der Waals surface area contributed by atoms with Crippen LogP contribution >= 0.6 is 0 Å². The van der Waals surface area contributed by atoms with E-state index in [9.17, 15) is 9.59 Å². The highest BCUT2D eigenvalue weighted by Gasteiger charge is 2.34. The van der Waals surface area contributed by atoms with Gasteiger partial charge in [0.05, 0.1) is 26.2 Å². The molecular formula is C26H32N2O6. The first-order valence-electron chi connectivity index (χ1n) is 11.7. The number of amides is 2. The number of rotatable bonds is 10. The minimum absolute atomic E-state index is 0.00138. The molecule has 2 aliphatic heterocycles. The van der Waals surface area contributed by atoms with Crippen molar-refractivity contribution in [2.75, 3.05) is 45.8 Å². The highest BCUT2D eigenvalue weighted by Crippen LogP contribution is 2.28. The third-order valence-corrected chi connectivity index (χ3v) is 6.29. The molecule has 34 heavy (non-hydrogen) atoms. The summed E-state index contributed by atoms with van der Waals surface area (Å²) in [4.78, 5) is 27.0. The van der Waals surface area contributed by atoms with Gasteiger partial charge in [-0.2, -0.15) is 0 Å². The van der Waals surface area contributed by atoms with Crippen molar-refractivity contribution < 1.29 is 28.5 Å². The maximum absolute atomic E-state index is 12.8. The Kier molecular flexibility index (Phi) is 7.90. The maximum atomic E-state index is 12.8. The second-order valence-corrected chi connectivity index (χ2v) is 8.64. The lowest BCUT2D eigenvalue weighted by Gasteiger charge is -2.17. The topological polar surface area (TPSA) is 86.3 Å². The third-order valence-electron chi connectivity index (χ3n) is 6.29. The lowest BCUT2D eigenvalue weighted by Crippen LogP contribution is -2.30. The molecule has 2 fully saturated rings. The molecule has 2 unspecified atom stereocenters. The average Bonchev–Trinajstić information content (AvgIpc) is 3.51. The summed E-state index contributed by atoms with van der Waals surface area (Å²) >= 11 is 0. The van der Waals surface area contributed by atoms with E-state index >= 15 is 0 Å². The molecule has 8 heteroatoms. The van der Waals surface area contributed by atoms with Crippen LogP contribution in [0.25, 0.3) is 0 Å². The van der Waals surface area contributed by atoms with E-state index in [1.807, 2.05) is 42.5 Å². The smallest absolute Gasteiger partial charge is 0.229 e. The van der Waals surface area contributed by atoms with Crippen molar-refractivity contribution >= 4 is 17.5 Å². The molecule has 2 aliphatic rings. The first kappa shape index (κ1) is 23.9. The standard InChI is InChI=1S/C26H32N2O6/c1-31-23-10-5-18(14-24(23)32-2)11-12-28-16-19(15-25(28)29)26(30)27-20-6-8-21(9-7-20)34-17-22-4-3-13-33-22/h5-10,14,19,22H,3-4,11-13,15-17H2,1-2H3,(H,27,30). The number of benzene rings is 2. The minimum atomic E-state index is -0.367. The maximum Gasteiger partial charge on any atom is 0.229 e. The molecule has 2 saturated heterocycles. The second-order valence-electron chi connectivity index (χ2n) is 8.64. The molecule has 2 atom stereocenters. The van der Waals surface area contributed by atoms with Gasteiger partial charge in [-0.05, 0) is 61.2 Å². The van der Waals surface area contributed by atoms with Gasteiger partial charge in [-0.3, -0.25) is 9.59 Å². The van der Waals surface area contributed by atoms with Gasteiger partial charge in [0.1, 0.15) is 12.4 Å². The molecule has 0 spiro atoms. The Bertz CT molecular complexity index is 987. The molecule has 2 amide bonds. The van der Waals surface area contributed by atoms with Gasteiger partial charge >= 0.3 is 0 Å². The van der Waals surface area contributed by atoms with Crippen LogP contribution in [0.5, 0.6) is 17.2 Å². The van der Waals surface area contributed by atoms with Crippen molar-refractivity contribution in [2.24, 2.45) is 5.92 Å². The molecule has 2 heterocycles. The Morgan fingerprint density at radius 3 is 2.62 bits per heavy atom. The van der Waals surface area contributed by atoms with Gasteiger partial charge in [0.2, 0.25) is 11.8 Å². The highest BCUT2D eigenvalue weighted by molar-refractivity contribution is 5.97. The summed E-state index contributed by atoms with van der Waals surface area (Å²) in [5.41, 5.74) is 1.73. The van der Waals surface area contributed by atoms with E-state index in [0.717, 1.165) is 30.8 Å². The first-order valence-corrected chi connectivity index (χ1v) is 11.7. The quantitative estimate of drug-likeness (QED) is 0.576. The molecule has 0 aromatic heterocycles. The van der Waals surface area contributed by atoms with E-state index in [2.05, 4.69) is 5.32 Å². The predicted molar refractivity (Wildman–Crippen MR) is 127 cm³/mol. The van der Waals surface area contributed by atoms with Crippen LogP contribution in [0, 0.1) is 5.92 Å². The molecule has 4 rings (SSSR count). The van der Waals surface area contributed by atoms with Gasteiger partial charge in [0, 0.05) is 31.8 Å². The van der Waals surface area contributed by atoms with Gasteiger partial charge < -0.3 is 29.2 Å². The van der Waals surface area contributed by atoms with Crippen molar-refractivity contribution in [1.29, 1.82) is 0 Å². The number of carbonyl (C=O) groups is 2. The summed E-state index contributed by atoms with van der Waals surface area (Å²) in [6.45, 7) is 2.31. The van der Waals surface area contributed by atoms with Crippen LogP contribution in [0.1, 0.15) is 24.8 Å². The summed E-state index contributed by atoms with van der Waals surface area (Å²) < 4.78 is 21.9. The predicted octanol–water partition coefficient (Wildman–Crippen LogP) is 3.29. The van der Waals surface area contributed by atoms with Crippen LogP contribution in [0.3, 0.4) is 0 Å². The Balaban J connectivity index is 1.25. The molecule has 2 aromatic rings. The average molecular weight is 469 g/mol. The molecule has 8 nitrogen and oxygen atoms in total. The highest BCUT2D eigenvalue weighted by atomic mass is 16.5. The van der Waals surface area contributed by atoms with E-state index in [1.54, 1.807) is 19.1 Å². The van der Waals surface area contributed by atoms with Gasteiger partial charge in [0.25, 0.3) is 0 Å². The van der Waals surface area contributed by atoms with Crippen LogP contribution in [0.15, 0.2) is 42.5 Å². The van der Waals surface area contributed by atoms with E-state index in [4.69, 9.17) is 18.9 Å². The SMILES string of the molecule is COc1ccc(CCN2CC(C(=O)Nc3ccc(OCC4CCCO4)cc3)CC2=O)cc1OC. The molecule has 182 valence electrons. The van der Waals surface area contributed by atoms with Gasteiger partial charge in [-0.1, -0.05) is 6.07 Å². The number of ether oxygens (including phenoxy) is 4. The Morgan fingerprint density at radius 1 is 1.12 bits per heavy atom. The van der Waals surface area contributed by atoms with Crippen LogP contribution in [0.4, 0.5) is 5.69 Å². The van der Waals surface area contributed by atoms with Crippen molar-refractivity contribution in [3.8, 4) is 17.2 Å². The van der Waals surface area contributed by atoms with Crippen LogP contribution in [-0.2, 0) is 20.7 Å². The second kappa shape index (κ2) is 11.2. The van der Waals surface area contributed by atoms with Gasteiger partial charge in [-0.25, -0.2) is 0 Å². The summed E-state index contributed by atoms with van der Waals surface area (Å²) in [7, 11) is 3.20. The van der Waals surface area contributed by atoms with Crippen molar-refractivity contribution in [2.45, 2.75) is 31.8 Å². The van der Waals surface area contributed by atoms with E-state index in [-0.39, 0.29) is 30.3 Å². The van der Waals surface area contributed by atoms with Crippen LogP contribution < -0.4 is 19.5 Å². The number of hydrogen-bond donors (Lipinski definition) is 1. The molecule has 0 radical (unpaired) electrons. The Labute approximate surface area is 200 Å². The normalized spacial score (nSPS) is 19.8. The molecule has 0 saturated carbocycles. The molecule has 0 bridgehead atoms. The molecule has 1 N–H and O–H groups in total. The Hall–Kier alpha value is -3.26. The van der Waals surface area contributed by atoms with Crippen LogP contribution in [-0.4, -0.2) is 63.3 Å². The largest absolute Gasteiger partial charge is 0.493 e. The van der Waals surface area contributed by atoms with Gasteiger partial charge in [-0.15, -0.1) is 0 Å². The first-order chi connectivity index (χ1) is 16.6. The number of nitrogens with one attached hydrogen (secondary N) is 1. The van der Waals surface area contributed by atoms with Gasteiger partial charge in [0.15, 0.2) is 11.5 Å². The molecule has 2 aromatic carbocycles. The molecular weight excluding hydrogens is 436 g/mol. The Morgan fingerprint density at radius 2 is 1.91 bits per heavy atom. The zero-order valence-corrected chi connectivity index (χ0v) is 19.7. The zero-order valence-electron chi connectivity index (χ0n) is 19.7. The fraction of sp³-hybridized carbons (Fsp3) is 0.462. The fourth-order valence-electron chi connectivity index (χ4n) is 4.31. The fourth-order valence-corrected chi connectivity index (χ4v) is 4.31. The summed E-state index contributed by atoms with van der Waals surface area (Å²) in [5, 5.41) is 2.92.